The number of aromatic hydroxyl groups is 3. The first-order valence-electron chi connectivity index (χ1n) is 9.13. The zero-order chi connectivity index (χ0) is 19.6. The molecule has 0 heterocycles. The Morgan fingerprint density at radius 1 is 1.08 bits per heavy atom. The molecule has 0 aromatic heterocycles. The van der Waals surface area contributed by atoms with Crippen molar-refractivity contribution in [3.05, 3.63) is 16.7 Å². The lowest BCUT2D eigenvalue weighted by Gasteiger charge is -2.55. The van der Waals surface area contributed by atoms with Crippen LogP contribution >= 0.6 is 0 Å². The van der Waals surface area contributed by atoms with Gasteiger partial charge in [0.2, 0.25) is 0 Å². The first kappa shape index (κ1) is 19.0. The van der Waals surface area contributed by atoms with Gasteiger partial charge in [-0.1, -0.05) is 34.1 Å². The molecular weight excluding hydrogens is 336 g/mol. The number of ketones is 1. The quantitative estimate of drug-likeness (QED) is 0.406. The molecule has 0 radical (unpaired) electrons. The molecule has 0 saturated heterocycles. The van der Waals surface area contributed by atoms with E-state index in [1.165, 1.54) is 0 Å². The standard InChI is InChI=1S/C20H28O6/c1-9(8-21)10-13(22)11-12(16(25)14(10)23)20(4)7-5-6-19(2,3)18(20)17(26)15(11)24/h9,17-18,21-23,25-26H,5-8H2,1-4H3/t9-,17-,18+,20-/m1/s1. The Bertz CT molecular complexity index is 768. The van der Waals surface area contributed by atoms with Crippen LogP contribution in [-0.2, 0) is 5.41 Å². The second-order valence-corrected chi connectivity index (χ2v) is 8.84. The second-order valence-electron chi connectivity index (χ2n) is 8.84. The minimum absolute atomic E-state index is 0.0681. The molecule has 1 aromatic rings. The number of carbonyl (C=O) groups excluding carboxylic acids is 1. The highest BCUT2D eigenvalue weighted by atomic mass is 16.3. The van der Waals surface area contributed by atoms with E-state index in [9.17, 15) is 30.3 Å². The fraction of sp³-hybridized carbons (Fsp3) is 0.650. The highest BCUT2D eigenvalue weighted by Gasteiger charge is 2.58. The molecule has 2 aliphatic carbocycles. The highest BCUT2D eigenvalue weighted by molar-refractivity contribution is 6.06. The number of hydrogen-bond donors (Lipinski definition) is 5. The highest BCUT2D eigenvalue weighted by Crippen LogP contribution is 2.62. The molecule has 1 fully saturated rings. The smallest absolute Gasteiger partial charge is 0.195 e. The Balaban J connectivity index is 2.38. The van der Waals surface area contributed by atoms with E-state index in [1.54, 1.807) is 6.92 Å². The number of fused-ring (bicyclic) bond motifs is 3. The predicted molar refractivity (Wildman–Crippen MR) is 95.7 cm³/mol. The molecule has 2 aliphatic rings. The Morgan fingerprint density at radius 2 is 1.69 bits per heavy atom. The van der Waals surface area contributed by atoms with Gasteiger partial charge in [0.05, 0.1) is 5.56 Å². The number of rotatable bonds is 2. The molecule has 1 aromatic carbocycles. The maximum absolute atomic E-state index is 13.0. The van der Waals surface area contributed by atoms with Gasteiger partial charge in [0, 0.05) is 35.0 Å². The molecule has 5 N–H and O–H groups in total. The normalized spacial score (nSPS) is 31.2. The summed E-state index contributed by atoms with van der Waals surface area (Å²) in [5.41, 5.74) is -1.07. The molecule has 26 heavy (non-hydrogen) atoms. The summed E-state index contributed by atoms with van der Waals surface area (Å²) in [5, 5.41) is 52.3. The molecule has 0 spiro atoms. The summed E-state index contributed by atoms with van der Waals surface area (Å²) in [6, 6.07) is 0. The van der Waals surface area contributed by atoms with Gasteiger partial charge < -0.3 is 25.5 Å². The summed E-state index contributed by atoms with van der Waals surface area (Å²) in [4.78, 5) is 13.0. The van der Waals surface area contributed by atoms with E-state index in [0.29, 0.717) is 6.42 Å². The van der Waals surface area contributed by atoms with Crippen molar-refractivity contribution < 1.29 is 30.3 Å². The van der Waals surface area contributed by atoms with Crippen LogP contribution in [0.4, 0.5) is 0 Å². The van der Waals surface area contributed by atoms with Crippen molar-refractivity contribution in [1.82, 2.24) is 0 Å². The third-order valence-electron chi connectivity index (χ3n) is 6.67. The van der Waals surface area contributed by atoms with Crippen molar-refractivity contribution in [3.8, 4) is 17.2 Å². The molecule has 6 nitrogen and oxygen atoms in total. The monoisotopic (exact) mass is 364 g/mol. The van der Waals surface area contributed by atoms with Gasteiger partial charge in [0.25, 0.3) is 0 Å². The van der Waals surface area contributed by atoms with Crippen molar-refractivity contribution in [2.45, 2.75) is 64.4 Å². The number of aliphatic hydroxyl groups excluding tert-OH is 2. The molecule has 3 rings (SSSR count). The average molecular weight is 364 g/mol. The molecule has 4 atom stereocenters. The van der Waals surface area contributed by atoms with Crippen molar-refractivity contribution in [2.24, 2.45) is 11.3 Å². The number of benzene rings is 1. The van der Waals surface area contributed by atoms with Crippen LogP contribution in [0, 0.1) is 11.3 Å². The zero-order valence-electron chi connectivity index (χ0n) is 15.7. The molecule has 0 bridgehead atoms. The van der Waals surface area contributed by atoms with E-state index >= 15 is 0 Å². The van der Waals surface area contributed by atoms with Crippen LogP contribution in [0.3, 0.4) is 0 Å². The van der Waals surface area contributed by atoms with Gasteiger partial charge >= 0.3 is 0 Å². The van der Waals surface area contributed by atoms with Gasteiger partial charge in [0.15, 0.2) is 17.3 Å². The van der Waals surface area contributed by atoms with Gasteiger partial charge in [-0.3, -0.25) is 4.79 Å². The summed E-state index contributed by atoms with van der Waals surface area (Å²) in [6.07, 6.45) is 1.01. The van der Waals surface area contributed by atoms with E-state index in [2.05, 4.69) is 0 Å². The van der Waals surface area contributed by atoms with Crippen molar-refractivity contribution in [2.75, 3.05) is 6.61 Å². The number of hydrogen-bond acceptors (Lipinski definition) is 6. The third-order valence-corrected chi connectivity index (χ3v) is 6.67. The molecule has 6 heteroatoms. The van der Waals surface area contributed by atoms with Gasteiger partial charge in [-0.05, 0) is 18.3 Å². The topological polar surface area (TPSA) is 118 Å². The minimum atomic E-state index is -1.30. The van der Waals surface area contributed by atoms with E-state index in [0.717, 1.165) is 12.8 Å². The molecule has 0 unspecified atom stereocenters. The summed E-state index contributed by atoms with van der Waals surface area (Å²) in [6.45, 7) is 7.06. The van der Waals surface area contributed by atoms with Crippen LogP contribution in [-0.4, -0.2) is 44.0 Å². The second kappa shape index (κ2) is 5.86. The number of aliphatic hydroxyl groups is 2. The van der Waals surface area contributed by atoms with Crippen molar-refractivity contribution >= 4 is 5.78 Å². The van der Waals surface area contributed by atoms with Crippen LogP contribution in [0.15, 0.2) is 0 Å². The van der Waals surface area contributed by atoms with E-state index in [1.807, 2.05) is 20.8 Å². The van der Waals surface area contributed by atoms with Gasteiger partial charge in [-0.25, -0.2) is 0 Å². The summed E-state index contributed by atoms with van der Waals surface area (Å²) >= 11 is 0. The molecule has 1 saturated carbocycles. The van der Waals surface area contributed by atoms with Gasteiger partial charge in [0.1, 0.15) is 11.9 Å². The van der Waals surface area contributed by atoms with Crippen molar-refractivity contribution in [1.29, 1.82) is 0 Å². The maximum atomic E-state index is 13.0. The Labute approximate surface area is 153 Å². The van der Waals surface area contributed by atoms with E-state index in [4.69, 9.17) is 0 Å². The van der Waals surface area contributed by atoms with Crippen LogP contribution in [0.1, 0.15) is 74.4 Å². The lowest BCUT2D eigenvalue weighted by molar-refractivity contribution is -0.0399. The van der Waals surface area contributed by atoms with E-state index < -0.39 is 46.4 Å². The predicted octanol–water partition coefficient (Wildman–Crippen LogP) is 2.54. The van der Waals surface area contributed by atoms with Crippen LogP contribution < -0.4 is 0 Å². The maximum Gasteiger partial charge on any atom is 0.195 e. The Hall–Kier alpha value is -1.79. The number of phenols is 3. The molecular formula is C20H28O6. The average Bonchev–Trinajstić information content (AvgIpc) is 2.55. The Morgan fingerprint density at radius 3 is 2.27 bits per heavy atom. The molecule has 144 valence electrons. The molecule has 0 amide bonds. The first-order chi connectivity index (χ1) is 12.0. The fourth-order valence-corrected chi connectivity index (χ4v) is 5.52. The van der Waals surface area contributed by atoms with Crippen LogP contribution in [0.2, 0.25) is 0 Å². The van der Waals surface area contributed by atoms with Gasteiger partial charge in [-0.15, -0.1) is 0 Å². The molecule has 0 aliphatic heterocycles. The zero-order valence-corrected chi connectivity index (χ0v) is 15.7. The Kier molecular flexibility index (Phi) is 4.28. The lowest BCUT2D eigenvalue weighted by Crippen LogP contribution is -2.56. The first-order valence-corrected chi connectivity index (χ1v) is 9.13. The fourth-order valence-electron chi connectivity index (χ4n) is 5.52. The number of phenolic OH excluding ortho intramolecular Hbond substituents is 3. The van der Waals surface area contributed by atoms with E-state index in [-0.39, 0.29) is 28.7 Å². The summed E-state index contributed by atoms with van der Waals surface area (Å²) < 4.78 is 0. The number of carbonyl (C=O) groups is 1. The summed E-state index contributed by atoms with van der Waals surface area (Å²) in [5.74, 6) is -3.14. The SMILES string of the molecule is C[C@H](CO)c1c(O)c(O)c2c(c1O)C(=O)[C@@H](O)[C@H]1C(C)(C)CCC[C@]21C. The minimum Gasteiger partial charge on any atom is -0.507 e. The number of Topliss-reactive ketones (excluding diaryl/α,β-unsaturated/α-hetero) is 1. The van der Waals surface area contributed by atoms with Crippen molar-refractivity contribution in [3.63, 3.8) is 0 Å². The van der Waals surface area contributed by atoms with Crippen LogP contribution in [0.25, 0.3) is 0 Å². The van der Waals surface area contributed by atoms with Gasteiger partial charge in [-0.2, -0.15) is 0 Å². The third kappa shape index (κ3) is 2.28. The lowest BCUT2D eigenvalue weighted by atomic mass is 9.49. The summed E-state index contributed by atoms with van der Waals surface area (Å²) in [7, 11) is 0. The van der Waals surface area contributed by atoms with Crippen LogP contribution in [0.5, 0.6) is 17.2 Å². The largest absolute Gasteiger partial charge is 0.507 e.